The first-order chi connectivity index (χ1) is 15.4. The number of aromatic nitrogens is 2. The topological polar surface area (TPSA) is 125 Å². The van der Waals surface area contributed by atoms with E-state index in [4.69, 9.17) is 10.2 Å². The summed E-state index contributed by atoms with van der Waals surface area (Å²) in [5.74, 6) is -0.586. The zero-order chi connectivity index (χ0) is 23.1. The number of hydrogen-bond acceptors (Lipinski definition) is 5. The first-order valence-corrected chi connectivity index (χ1v) is 10.8. The lowest BCUT2D eigenvalue weighted by molar-refractivity contribution is -0.116. The van der Waals surface area contributed by atoms with Gasteiger partial charge in [0, 0.05) is 26.1 Å². The van der Waals surface area contributed by atoms with Gasteiger partial charge in [-0.2, -0.15) is 0 Å². The number of nitrogens with one attached hydrogen (secondary N) is 1. The number of carboxylic acid groups (broad SMARTS) is 1. The number of carboxylic acids is 1. The predicted octanol–water partition coefficient (Wildman–Crippen LogP) is 2.64. The van der Waals surface area contributed by atoms with E-state index in [9.17, 15) is 14.4 Å². The van der Waals surface area contributed by atoms with Crippen molar-refractivity contribution < 1.29 is 24.6 Å². The molecule has 0 spiro atoms. The van der Waals surface area contributed by atoms with Crippen molar-refractivity contribution in [1.82, 2.24) is 19.8 Å². The van der Waals surface area contributed by atoms with Gasteiger partial charge < -0.3 is 14.8 Å². The van der Waals surface area contributed by atoms with Crippen molar-refractivity contribution in [3.05, 3.63) is 58.8 Å². The molecule has 0 saturated carbocycles. The third kappa shape index (κ3) is 5.42. The number of carbonyl (C=O) groups excluding carboxylic acids is 2. The van der Waals surface area contributed by atoms with Crippen LogP contribution in [-0.2, 0) is 17.8 Å². The van der Waals surface area contributed by atoms with Crippen LogP contribution in [0.25, 0.3) is 6.08 Å². The summed E-state index contributed by atoms with van der Waals surface area (Å²) in [7, 11) is 0. The van der Waals surface area contributed by atoms with E-state index in [0.717, 1.165) is 30.7 Å². The molecule has 0 atom stereocenters. The summed E-state index contributed by atoms with van der Waals surface area (Å²) in [6, 6.07) is 6.17. The fourth-order valence-corrected chi connectivity index (χ4v) is 3.54. The summed E-state index contributed by atoms with van der Waals surface area (Å²) in [4.78, 5) is 41.7. The van der Waals surface area contributed by atoms with E-state index in [1.165, 1.54) is 4.90 Å². The number of imidazole rings is 1. The number of carbonyl (C=O) groups is 3. The fraction of sp³-hybridized carbons (Fsp3) is 0.391. The fourth-order valence-electron chi connectivity index (χ4n) is 3.54. The maximum atomic E-state index is 12.4. The van der Waals surface area contributed by atoms with Crippen LogP contribution in [0, 0.1) is 0 Å². The summed E-state index contributed by atoms with van der Waals surface area (Å²) in [5.41, 5.74) is 2.05. The molecule has 1 aliphatic rings. The number of aliphatic hydroxyl groups is 1. The first-order valence-electron chi connectivity index (χ1n) is 10.8. The summed E-state index contributed by atoms with van der Waals surface area (Å²) in [6.45, 7) is 2.91. The molecule has 3 rings (SSSR count). The third-order valence-corrected chi connectivity index (χ3v) is 5.33. The van der Waals surface area contributed by atoms with Crippen LogP contribution in [0.5, 0.6) is 0 Å². The molecule has 0 aliphatic carbocycles. The molecule has 1 saturated heterocycles. The van der Waals surface area contributed by atoms with Crippen LogP contribution >= 0.6 is 0 Å². The van der Waals surface area contributed by atoms with E-state index in [0.29, 0.717) is 31.6 Å². The number of amides is 3. The molecule has 0 radical (unpaired) electrons. The zero-order valence-electron chi connectivity index (χ0n) is 18.1. The van der Waals surface area contributed by atoms with Crippen molar-refractivity contribution in [2.24, 2.45) is 0 Å². The molecule has 32 heavy (non-hydrogen) atoms. The molecule has 0 unspecified atom stereocenters. The lowest BCUT2D eigenvalue weighted by atomic mass is 10.1. The Morgan fingerprint density at radius 2 is 1.91 bits per heavy atom. The molecule has 1 aliphatic heterocycles. The second-order valence-corrected chi connectivity index (χ2v) is 7.66. The smallest absolute Gasteiger partial charge is 0.335 e. The van der Waals surface area contributed by atoms with Gasteiger partial charge >= 0.3 is 12.0 Å². The normalized spacial score (nSPS) is 14.9. The van der Waals surface area contributed by atoms with Crippen molar-refractivity contribution in [1.29, 1.82) is 0 Å². The Morgan fingerprint density at radius 3 is 2.56 bits per heavy atom. The number of aromatic carboxylic acids is 1. The summed E-state index contributed by atoms with van der Waals surface area (Å²) < 4.78 is 1.99. The lowest BCUT2D eigenvalue weighted by Gasteiger charge is -2.16. The number of imide groups is 1. The lowest BCUT2D eigenvalue weighted by Crippen LogP contribution is -2.28. The highest BCUT2D eigenvalue weighted by Crippen LogP contribution is 2.21. The molecule has 9 nitrogen and oxygen atoms in total. The molecule has 1 aromatic heterocycles. The van der Waals surface area contributed by atoms with Crippen molar-refractivity contribution in [2.75, 3.05) is 13.2 Å². The maximum Gasteiger partial charge on any atom is 0.335 e. The Morgan fingerprint density at radius 1 is 1.16 bits per heavy atom. The van der Waals surface area contributed by atoms with Crippen LogP contribution in [-0.4, -0.2) is 55.7 Å². The Kier molecular flexibility index (Phi) is 7.77. The van der Waals surface area contributed by atoms with E-state index >= 15 is 0 Å². The highest BCUT2D eigenvalue weighted by atomic mass is 16.4. The van der Waals surface area contributed by atoms with Gasteiger partial charge in [0.25, 0.3) is 5.91 Å². The molecule has 0 bridgehead atoms. The molecule has 3 N–H and O–H groups in total. The quantitative estimate of drug-likeness (QED) is 0.280. The van der Waals surface area contributed by atoms with E-state index in [2.05, 4.69) is 17.2 Å². The Labute approximate surface area is 186 Å². The van der Waals surface area contributed by atoms with Gasteiger partial charge in [0.05, 0.1) is 17.5 Å². The third-order valence-electron chi connectivity index (χ3n) is 5.33. The van der Waals surface area contributed by atoms with Gasteiger partial charge in [-0.1, -0.05) is 25.5 Å². The Bertz CT molecular complexity index is 1010. The second-order valence-electron chi connectivity index (χ2n) is 7.66. The van der Waals surface area contributed by atoms with Gasteiger partial charge in [0.1, 0.15) is 11.5 Å². The number of benzene rings is 1. The minimum Gasteiger partial charge on any atom is -0.478 e. The van der Waals surface area contributed by atoms with Crippen LogP contribution in [0.4, 0.5) is 4.79 Å². The van der Waals surface area contributed by atoms with Crippen molar-refractivity contribution in [3.8, 4) is 0 Å². The van der Waals surface area contributed by atoms with Crippen molar-refractivity contribution in [2.45, 2.75) is 45.6 Å². The molecule has 9 heteroatoms. The van der Waals surface area contributed by atoms with Gasteiger partial charge in [0.15, 0.2) is 0 Å². The average Bonchev–Trinajstić information content (AvgIpc) is 3.27. The van der Waals surface area contributed by atoms with Crippen LogP contribution in [0.3, 0.4) is 0 Å². The van der Waals surface area contributed by atoms with E-state index < -0.39 is 17.9 Å². The molecule has 170 valence electrons. The molecular weight excluding hydrogens is 412 g/mol. The van der Waals surface area contributed by atoms with Crippen molar-refractivity contribution in [3.63, 3.8) is 0 Å². The average molecular weight is 441 g/mol. The number of aliphatic hydroxyl groups excluding tert-OH is 1. The minimum absolute atomic E-state index is 0.0245. The summed E-state index contributed by atoms with van der Waals surface area (Å²) >= 11 is 0. The predicted molar refractivity (Wildman–Crippen MR) is 118 cm³/mol. The number of urea groups is 1. The number of unbranched alkanes of at least 4 members (excludes halogenated alkanes) is 2. The second kappa shape index (κ2) is 10.7. The largest absolute Gasteiger partial charge is 0.478 e. The molecular formula is C23H28N4O5. The first kappa shape index (κ1) is 23.2. The van der Waals surface area contributed by atoms with E-state index in [1.807, 2.05) is 4.57 Å². The highest BCUT2D eigenvalue weighted by molar-refractivity contribution is 6.13. The zero-order valence-corrected chi connectivity index (χ0v) is 18.1. The van der Waals surface area contributed by atoms with Crippen LogP contribution in [0.15, 0.2) is 36.2 Å². The minimum atomic E-state index is -0.980. The van der Waals surface area contributed by atoms with E-state index in [1.54, 1.807) is 36.5 Å². The number of nitrogens with zero attached hydrogens (tertiary/aromatic N) is 3. The number of rotatable bonds is 11. The van der Waals surface area contributed by atoms with E-state index in [-0.39, 0.29) is 17.9 Å². The summed E-state index contributed by atoms with van der Waals surface area (Å²) in [6.07, 6.45) is 7.18. The molecule has 3 amide bonds. The monoisotopic (exact) mass is 440 g/mol. The van der Waals surface area contributed by atoms with Crippen molar-refractivity contribution >= 4 is 24.0 Å². The summed E-state index contributed by atoms with van der Waals surface area (Å²) in [5, 5.41) is 20.5. The number of aryl methyl sites for hydroxylation is 1. The number of hydrogen-bond donors (Lipinski definition) is 3. The van der Waals surface area contributed by atoms with Gasteiger partial charge in [-0.15, -0.1) is 0 Å². The van der Waals surface area contributed by atoms with Gasteiger partial charge in [-0.25, -0.2) is 14.6 Å². The SMILES string of the molecule is CCCCc1ncc(/C=C2\C(=O)NC(=O)N2CCCCO)n1Cc1ccc(C(=O)O)cc1. The Balaban J connectivity index is 1.93. The molecule has 1 aromatic carbocycles. The van der Waals surface area contributed by atoms with Gasteiger partial charge in [-0.3, -0.25) is 15.0 Å². The molecule has 2 heterocycles. The molecule has 2 aromatic rings. The van der Waals surface area contributed by atoms with Gasteiger partial charge in [-0.05, 0) is 43.0 Å². The molecule has 1 fully saturated rings. The highest BCUT2D eigenvalue weighted by Gasteiger charge is 2.32. The van der Waals surface area contributed by atoms with Crippen LogP contribution < -0.4 is 5.32 Å². The van der Waals surface area contributed by atoms with Crippen LogP contribution in [0.2, 0.25) is 0 Å². The standard InChI is InChI=1S/C23H28N4O5/c1-2-3-6-20-24-14-18(27(20)15-16-7-9-17(10-8-16)22(30)31)13-19-21(29)25-23(32)26(19)11-4-5-12-28/h7-10,13-14,28H,2-6,11-12,15H2,1H3,(H,30,31)(H,25,29,32)/b19-13+. The van der Waals surface area contributed by atoms with Gasteiger partial charge in [0.2, 0.25) is 0 Å². The van der Waals surface area contributed by atoms with Crippen LogP contribution in [0.1, 0.15) is 60.0 Å². The maximum absolute atomic E-state index is 12.4. The Hall–Kier alpha value is -3.46.